The molecule has 0 spiro atoms. The molecule has 0 saturated heterocycles. The number of benzene rings is 2. The molecule has 2 rings (SSSR count). The minimum absolute atomic E-state index is 0.0933. The van der Waals surface area contributed by atoms with Gasteiger partial charge in [-0.2, -0.15) is 0 Å². The summed E-state index contributed by atoms with van der Waals surface area (Å²) < 4.78 is 0. The Balaban J connectivity index is 2.16. The predicted molar refractivity (Wildman–Crippen MR) is 93.7 cm³/mol. The fourth-order valence-electron chi connectivity index (χ4n) is 2.67. The highest BCUT2D eigenvalue weighted by Gasteiger charge is 2.20. The van der Waals surface area contributed by atoms with E-state index in [0.717, 1.165) is 24.1 Å². The van der Waals surface area contributed by atoms with Gasteiger partial charge in [0, 0.05) is 24.1 Å². The van der Waals surface area contributed by atoms with E-state index >= 15 is 0 Å². The molecule has 2 N–H and O–H groups in total. The number of amides is 1. The van der Waals surface area contributed by atoms with Crippen LogP contribution < -0.4 is 5.32 Å². The van der Waals surface area contributed by atoms with Crippen molar-refractivity contribution in [3.63, 3.8) is 0 Å². The molecular formula is C20H21NO3. The molecule has 0 heterocycles. The van der Waals surface area contributed by atoms with Gasteiger partial charge in [0.05, 0.1) is 0 Å². The van der Waals surface area contributed by atoms with Crippen LogP contribution >= 0.6 is 0 Å². The summed E-state index contributed by atoms with van der Waals surface area (Å²) in [5.41, 5.74) is 2.32. The van der Waals surface area contributed by atoms with Gasteiger partial charge in [0.25, 0.3) is 0 Å². The Hall–Kier alpha value is -2.88. The molecule has 0 aliphatic rings. The van der Waals surface area contributed by atoms with E-state index in [-0.39, 0.29) is 12.0 Å². The Labute approximate surface area is 141 Å². The molecule has 2 unspecified atom stereocenters. The first-order valence-corrected chi connectivity index (χ1v) is 7.86. The van der Waals surface area contributed by atoms with Crippen LogP contribution in [0.3, 0.4) is 0 Å². The van der Waals surface area contributed by atoms with Crippen molar-refractivity contribution >= 4 is 11.9 Å². The first-order valence-electron chi connectivity index (χ1n) is 7.86. The van der Waals surface area contributed by atoms with Crippen LogP contribution in [0.5, 0.6) is 0 Å². The van der Waals surface area contributed by atoms with E-state index in [1.54, 1.807) is 0 Å². The van der Waals surface area contributed by atoms with Crippen molar-refractivity contribution in [2.45, 2.75) is 25.3 Å². The molecule has 0 bridgehead atoms. The van der Waals surface area contributed by atoms with E-state index in [1.807, 2.05) is 55.5 Å². The molecule has 0 aliphatic carbocycles. The summed E-state index contributed by atoms with van der Waals surface area (Å²) >= 11 is 0. The summed E-state index contributed by atoms with van der Waals surface area (Å²) in [6.07, 6.45) is 2.68. The average molecular weight is 323 g/mol. The molecule has 0 fully saturated rings. The zero-order valence-electron chi connectivity index (χ0n) is 13.6. The Morgan fingerprint density at radius 3 is 2.17 bits per heavy atom. The minimum Gasteiger partial charge on any atom is -0.478 e. The van der Waals surface area contributed by atoms with Crippen LogP contribution in [-0.2, 0) is 16.0 Å². The maximum atomic E-state index is 11.9. The fourth-order valence-corrected chi connectivity index (χ4v) is 2.67. The Morgan fingerprint density at radius 1 is 1.00 bits per heavy atom. The van der Waals surface area contributed by atoms with Crippen molar-refractivity contribution in [3.05, 3.63) is 83.9 Å². The van der Waals surface area contributed by atoms with E-state index in [1.165, 1.54) is 5.56 Å². The highest BCUT2D eigenvalue weighted by molar-refractivity contribution is 5.94. The van der Waals surface area contributed by atoms with Crippen molar-refractivity contribution < 1.29 is 14.7 Å². The van der Waals surface area contributed by atoms with Crippen LogP contribution in [0.2, 0.25) is 0 Å². The van der Waals surface area contributed by atoms with Crippen molar-refractivity contribution in [3.8, 4) is 0 Å². The first kappa shape index (κ1) is 17.5. The summed E-state index contributed by atoms with van der Waals surface area (Å²) in [5, 5.41) is 11.5. The summed E-state index contributed by atoms with van der Waals surface area (Å²) in [6, 6.07) is 20.0. The molecule has 0 saturated carbocycles. The van der Waals surface area contributed by atoms with Crippen molar-refractivity contribution in [2.75, 3.05) is 0 Å². The Kier molecular flexibility index (Phi) is 6.32. The van der Waals surface area contributed by atoms with E-state index in [9.17, 15) is 9.59 Å². The Morgan fingerprint density at radius 2 is 1.58 bits per heavy atom. The average Bonchev–Trinajstić information content (AvgIpc) is 2.59. The van der Waals surface area contributed by atoms with E-state index in [2.05, 4.69) is 17.4 Å². The second-order valence-corrected chi connectivity index (χ2v) is 5.68. The number of carbonyl (C=O) groups is 2. The van der Waals surface area contributed by atoms with Crippen LogP contribution in [0, 0.1) is 0 Å². The third-order valence-corrected chi connectivity index (χ3v) is 3.88. The monoisotopic (exact) mass is 323 g/mol. The number of aliphatic carboxylic acids is 1. The largest absolute Gasteiger partial charge is 0.478 e. The number of carbonyl (C=O) groups excluding carboxylic acids is 1. The maximum Gasteiger partial charge on any atom is 0.328 e. The summed E-state index contributed by atoms with van der Waals surface area (Å²) in [7, 11) is 0. The highest BCUT2D eigenvalue weighted by Crippen LogP contribution is 2.24. The number of carboxylic acids is 1. The van der Waals surface area contributed by atoms with E-state index < -0.39 is 11.9 Å². The van der Waals surface area contributed by atoms with Crippen molar-refractivity contribution in [1.82, 2.24) is 5.32 Å². The lowest BCUT2D eigenvalue weighted by Gasteiger charge is -2.25. The third kappa shape index (κ3) is 5.39. The predicted octanol–water partition coefficient (Wildman–Crippen LogP) is 3.16. The van der Waals surface area contributed by atoms with Crippen LogP contribution in [0.4, 0.5) is 0 Å². The van der Waals surface area contributed by atoms with E-state index in [0.29, 0.717) is 0 Å². The van der Waals surface area contributed by atoms with Crippen LogP contribution in [0.1, 0.15) is 24.0 Å². The van der Waals surface area contributed by atoms with Gasteiger partial charge in [0.1, 0.15) is 0 Å². The first-order chi connectivity index (χ1) is 11.6. The molecule has 2 aromatic carbocycles. The van der Waals surface area contributed by atoms with Crippen LogP contribution in [0.15, 0.2) is 72.8 Å². The summed E-state index contributed by atoms with van der Waals surface area (Å²) in [6.45, 7) is 1.94. The number of carboxylic acid groups (broad SMARTS) is 1. The number of hydrogen-bond donors (Lipinski definition) is 2. The van der Waals surface area contributed by atoms with Gasteiger partial charge in [-0.1, -0.05) is 60.7 Å². The molecule has 4 nitrogen and oxygen atoms in total. The lowest BCUT2D eigenvalue weighted by Crippen LogP contribution is -2.37. The van der Waals surface area contributed by atoms with Crippen molar-refractivity contribution in [2.24, 2.45) is 0 Å². The second-order valence-electron chi connectivity index (χ2n) is 5.68. The summed E-state index contributed by atoms with van der Waals surface area (Å²) in [4.78, 5) is 22.4. The van der Waals surface area contributed by atoms with Gasteiger partial charge in [-0.25, -0.2) is 4.79 Å². The molecular weight excluding hydrogens is 302 g/mol. The molecule has 124 valence electrons. The normalized spacial score (nSPS) is 13.4. The fraction of sp³-hybridized carbons (Fsp3) is 0.200. The molecule has 1 amide bonds. The second kappa shape index (κ2) is 8.67. The zero-order valence-corrected chi connectivity index (χ0v) is 13.6. The van der Waals surface area contributed by atoms with Gasteiger partial charge in [-0.3, -0.25) is 4.79 Å². The Bertz CT molecular complexity index is 695. The maximum absolute atomic E-state index is 11.9. The molecule has 4 heteroatoms. The molecule has 0 aromatic heterocycles. The lowest BCUT2D eigenvalue weighted by molar-refractivity contribution is -0.131. The molecule has 0 aliphatic heterocycles. The molecule has 2 atom stereocenters. The molecule has 2 aromatic rings. The number of rotatable bonds is 7. The van der Waals surface area contributed by atoms with Crippen LogP contribution in [-0.4, -0.2) is 23.0 Å². The van der Waals surface area contributed by atoms with E-state index in [4.69, 9.17) is 5.11 Å². The topological polar surface area (TPSA) is 66.4 Å². The van der Waals surface area contributed by atoms with Crippen molar-refractivity contribution in [1.29, 1.82) is 0 Å². The van der Waals surface area contributed by atoms with Gasteiger partial charge in [0.15, 0.2) is 0 Å². The zero-order chi connectivity index (χ0) is 17.4. The molecule has 0 radical (unpaired) electrons. The smallest absolute Gasteiger partial charge is 0.328 e. The standard InChI is InChI=1S/C20H21NO3/c1-15(21-19(22)12-13-20(23)24)18(17-10-6-3-7-11-17)14-16-8-4-2-5-9-16/h2-13,15,18H,14H2,1H3,(H,21,22)(H,23,24)/b13-12-. The van der Waals surface area contributed by atoms with Gasteiger partial charge >= 0.3 is 5.97 Å². The van der Waals surface area contributed by atoms with Crippen LogP contribution in [0.25, 0.3) is 0 Å². The summed E-state index contributed by atoms with van der Waals surface area (Å²) in [5.74, 6) is -1.45. The van der Waals surface area contributed by atoms with Gasteiger partial charge in [-0.05, 0) is 24.5 Å². The van der Waals surface area contributed by atoms with Gasteiger partial charge in [-0.15, -0.1) is 0 Å². The minimum atomic E-state index is -1.14. The van der Waals surface area contributed by atoms with Gasteiger partial charge < -0.3 is 10.4 Å². The SMILES string of the molecule is CC(NC(=O)/C=C\C(=O)O)C(Cc1ccccc1)c1ccccc1. The quantitative estimate of drug-likeness (QED) is 0.769. The number of hydrogen-bond acceptors (Lipinski definition) is 2. The third-order valence-electron chi connectivity index (χ3n) is 3.88. The van der Waals surface area contributed by atoms with Gasteiger partial charge in [0.2, 0.25) is 5.91 Å². The number of nitrogens with one attached hydrogen (secondary N) is 1. The molecule has 24 heavy (non-hydrogen) atoms. The lowest BCUT2D eigenvalue weighted by atomic mass is 9.86. The highest BCUT2D eigenvalue weighted by atomic mass is 16.4.